The van der Waals surface area contributed by atoms with Gasteiger partial charge in [-0.3, -0.25) is 0 Å². The van der Waals surface area contributed by atoms with Crippen LogP contribution in [0, 0.1) is 0 Å². The van der Waals surface area contributed by atoms with Gasteiger partial charge >= 0.3 is 0 Å². The van der Waals surface area contributed by atoms with Gasteiger partial charge in [0.2, 0.25) is 0 Å². The number of para-hydroxylation sites is 4. The number of anilines is 3. The summed E-state index contributed by atoms with van der Waals surface area (Å²) < 4.78 is 8.79. The summed E-state index contributed by atoms with van der Waals surface area (Å²) in [5, 5.41) is 2.46. The Balaban J connectivity index is 1.23. The molecule has 2 atom stereocenters. The van der Waals surface area contributed by atoms with Crippen LogP contribution in [0.15, 0.2) is 176 Å². The van der Waals surface area contributed by atoms with E-state index in [0.29, 0.717) is 0 Å². The molecular formula is C46H32N2O. The fourth-order valence-electron chi connectivity index (χ4n) is 7.97. The van der Waals surface area contributed by atoms with Crippen LogP contribution in [-0.4, -0.2) is 10.7 Å². The summed E-state index contributed by atoms with van der Waals surface area (Å²) in [7, 11) is 0. The third-order valence-corrected chi connectivity index (χ3v) is 10.1. The van der Waals surface area contributed by atoms with E-state index in [-0.39, 0.29) is 12.0 Å². The molecule has 0 radical (unpaired) electrons. The Morgan fingerprint density at radius 1 is 0.531 bits per heavy atom. The summed E-state index contributed by atoms with van der Waals surface area (Å²) in [6.45, 7) is 0. The van der Waals surface area contributed by atoms with Gasteiger partial charge in [-0.2, -0.15) is 0 Å². The number of ether oxygens (including phenoxy) is 1. The average Bonchev–Trinajstić information content (AvgIpc) is 3.72. The summed E-state index contributed by atoms with van der Waals surface area (Å²) in [5.74, 6) is 1.17. The maximum atomic E-state index is 6.37. The quantitative estimate of drug-likeness (QED) is 0.189. The second-order valence-electron chi connectivity index (χ2n) is 12.9. The van der Waals surface area contributed by atoms with Crippen LogP contribution in [0.25, 0.3) is 44.7 Å². The molecule has 0 saturated carbocycles. The summed E-state index contributed by atoms with van der Waals surface area (Å²) in [5.41, 5.74) is 13.0. The highest BCUT2D eigenvalue weighted by molar-refractivity contribution is 6.14. The first-order valence-electron chi connectivity index (χ1n) is 16.9. The van der Waals surface area contributed by atoms with Gasteiger partial charge in [-0.1, -0.05) is 121 Å². The second kappa shape index (κ2) is 11.1. The van der Waals surface area contributed by atoms with E-state index in [2.05, 4.69) is 191 Å². The van der Waals surface area contributed by atoms with Gasteiger partial charge in [-0.25, -0.2) is 0 Å². The minimum absolute atomic E-state index is 0.0183. The molecule has 1 aliphatic carbocycles. The Hall–Kier alpha value is -6.32. The Labute approximate surface area is 285 Å². The van der Waals surface area contributed by atoms with E-state index in [9.17, 15) is 0 Å². The molecule has 2 unspecified atom stereocenters. The van der Waals surface area contributed by atoms with E-state index in [4.69, 9.17) is 4.74 Å². The number of aromatic nitrogens is 1. The zero-order valence-electron chi connectivity index (χ0n) is 26.8. The maximum Gasteiger partial charge on any atom is 0.128 e. The van der Waals surface area contributed by atoms with Crippen molar-refractivity contribution in [2.24, 2.45) is 0 Å². The first-order chi connectivity index (χ1) is 24.3. The van der Waals surface area contributed by atoms with Crippen LogP contribution in [0.1, 0.15) is 22.6 Å². The third-order valence-electron chi connectivity index (χ3n) is 10.1. The molecule has 0 amide bonds. The fraction of sp³-hybridized carbons (Fsp3) is 0.0435. The topological polar surface area (TPSA) is 17.4 Å². The molecule has 0 N–H and O–H groups in total. The van der Waals surface area contributed by atoms with Crippen LogP contribution in [-0.2, 0) is 0 Å². The second-order valence-corrected chi connectivity index (χ2v) is 12.9. The van der Waals surface area contributed by atoms with Gasteiger partial charge in [0.15, 0.2) is 0 Å². The van der Waals surface area contributed by atoms with Gasteiger partial charge in [-0.15, -0.1) is 0 Å². The third kappa shape index (κ3) is 4.43. The van der Waals surface area contributed by atoms with Crippen molar-refractivity contribution < 1.29 is 4.74 Å². The standard InChI is InChI=1S/C46H32N2O/c1-3-13-31(14-4-1)32-15-11-18-35(29-32)47(36-26-27-37-33(30-36)25-28-44-45(37)40-20-8-10-24-43(40)49-44)42-23-12-21-39-38-19-7-9-22-41(38)48(46(39)42)34-16-5-2-6-17-34/h1-30,44-45H. The van der Waals surface area contributed by atoms with E-state index < -0.39 is 0 Å². The van der Waals surface area contributed by atoms with Crippen LogP contribution in [0.4, 0.5) is 17.1 Å². The highest BCUT2D eigenvalue weighted by atomic mass is 16.5. The van der Waals surface area contributed by atoms with Gasteiger partial charge < -0.3 is 14.2 Å². The zero-order chi connectivity index (χ0) is 32.3. The first kappa shape index (κ1) is 27.8. The summed E-state index contributed by atoms with van der Waals surface area (Å²) >= 11 is 0. The maximum absolute atomic E-state index is 6.37. The summed E-state index contributed by atoms with van der Waals surface area (Å²) in [6, 6.07) is 61.2. The van der Waals surface area contributed by atoms with Gasteiger partial charge in [0, 0.05) is 33.4 Å². The molecule has 3 heteroatoms. The van der Waals surface area contributed by atoms with E-state index >= 15 is 0 Å². The first-order valence-corrected chi connectivity index (χ1v) is 16.9. The molecule has 0 spiro atoms. The minimum atomic E-state index is 0.0183. The van der Waals surface area contributed by atoms with Crippen molar-refractivity contribution in [1.82, 2.24) is 4.57 Å². The number of hydrogen-bond donors (Lipinski definition) is 0. The predicted octanol–water partition coefficient (Wildman–Crippen LogP) is 11.8. The Kier molecular flexibility index (Phi) is 6.31. The van der Waals surface area contributed by atoms with Crippen LogP contribution in [0.3, 0.4) is 0 Å². The highest BCUT2D eigenvalue weighted by Crippen LogP contribution is 2.49. The Bertz CT molecular complexity index is 2550. The lowest BCUT2D eigenvalue weighted by atomic mass is 9.81. The average molecular weight is 629 g/mol. The predicted molar refractivity (Wildman–Crippen MR) is 203 cm³/mol. The highest BCUT2D eigenvalue weighted by Gasteiger charge is 2.37. The van der Waals surface area contributed by atoms with Crippen molar-refractivity contribution in [2.45, 2.75) is 12.0 Å². The van der Waals surface area contributed by atoms with Crippen LogP contribution < -0.4 is 9.64 Å². The summed E-state index contributed by atoms with van der Waals surface area (Å²) in [6.07, 6.45) is 4.49. The van der Waals surface area contributed by atoms with Crippen LogP contribution >= 0.6 is 0 Å². The molecular weight excluding hydrogens is 597 g/mol. The molecule has 1 aliphatic heterocycles. The normalized spacial score (nSPS) is 15.8. The van der Waals surface area contributed by atoms with E-state index in [1.165, 1.54) is 49.6 Å². The molecule has 3 nitrogen and oxygen atoms in total. The minimum Gasteiger partial charge on any atom is -0.485 e. The molecule has 10 rings (SSSR count). The van der Waals surface area contributed by atoms with Crippen molar-refractivity contribution in [1.29, 1.82) is 0 Å². The number of rotatable bonds is 5. The molecule has 1 aromatic heterocycles. The largest absolute Gasteiger partial charge is 0.485 e. The lowest BCUT2D eigenvalue weighted by Gasteiger charge is -2.30. The van der Waals surface area contributed by atoms with Crippen molar-refractivity contribution >= 4 is 44.9 Å². The number of benzene rings is 7. The Morgan fingerprint density at radius 3 is 2.14 bits per heavy atom. The van der Waals surface area contributed by atoms with Crippen molar-refractivity contribution in [2.75, 3.05) is 4.90 Å². The number of nitrogens with zero attached hydrogens (tertiary/aromatic N) is 2. The molecule has 232 valence electrons. The molecule has 49 heavy (non-hydrogen) atoms. The molecule has 0 saturated heterocycles. The molecule has 2 heterocycles. The van der Waals surface area contributed by atoms with Crippen LogP contribution in [0.2, 0.25) is 0 Å². The van der Waals surface area contributed by atoms with Gasteiger partial charge in [0.25, 0.3) is 0 Å². The zero-order valence-corrected chi connectivity index (χ0v) is 26.8. The van der Waals surface area contributed by atoms with Crippen molar-refractivity contribution in [3.8, 4) is 22.6 Å². The van der Waals surface area contributed by atoms with Gasteiger partial charge in [0.05, 0.1) is 22.6 Å². The van der Waals surface area contributed by atoms with E-state index in [1.54, 1.807) is 0 Å². The fourth-order valence-corrected chi connectivity index (χ4v) is 7.97. The van der Waals surface area contributed by atoms with Gasteiger partial charge in [0.1, 0.15) is 11.9 Å². The number of hydrogen-bond acceptors (Lipinski definition) is 2. The monoisotopic (exact) mass is 628 g/mol. The van der Waals surface area contributed by atoms with Gasteiger partial charge in [-0.05, 0) is 82.9 Å². The smallest absolute Gasteiger partial charge is 0.128 e. The Morgan fingerprint density at radius 2 is 1.24 bits per heavy atom. The SMILES string of the molecule is C1=CC2Oc3ccccc3C2c2ccc(N(c3cccc(-c4ccccc4)c3)c3cccc4c5ccccc5n(-c5ccccc5)c34)cc21. The van der Waals surface area contributed by atoms with E-state index in [1.807, 2.05) is 0 Å². The lowest BCUT2D eigenvalue weighted by molar-refractivity contribution is 0.267. The molecule has 2 aliphatic rings. The molecule has 8 aromatic rings. The van der Waals surface area contributed by atoms with E-state index in [0.717, 1.165) is 28.5 Å². The molecule has 7 aromatic carbocycles. The van der Waals surface area contributed by atoms with Crippen molar-refractivity contribution in [3.63, 3.8) is 0 Å². The van der Waals surface area contributed by atoms with Crippen LogP contribution in [0.5, 0.6) is 5.75 Å². The molecule has 0 bridgehead atoms. The molecule has 0 fully saturated rings. The summed E-state index contributed by atoms with van der Waals surface area (Å²) in [4.78, 5) is 2.44. The number of fused-ring (bicyclic) bond motifs is 8. The van der Waals surface area contributed by atoms with Crippen molar-refractivity contribution in [3.05, 3.63) is 193 Å². The lowest BCUT2D eigenvalue weighted by Crippen LogP contribution is -2.21.